The standard InChI is InChI=1S/C13H18O4/c1-9(14)3-4-10-5-7-11(8-6-10)12(15)13(16)17-2/h5-9,12,14-15H,3-4H2,1-2H3. The van der Waals surface area contributed by atoms with E-state index in [-0.39, 0.29) is 6.10 Å². The van der Waals surface area contributed by atoms with E-state index in [0.29, 0.717) is 12.0 Å². The maximum Gasteiger partial charge on any atom is 0.339 e. The van der Waals surface area contributed by atoms with Crippen LogP contribution in [0.4, 0.5) is 0 Å². The van der Waals surface area contributed by atoms with Gasteiger partial charge in [0.1, 0.15) is 0 Å². The van der Waals surface area contributed by atoms with Gasteiger partial charge in [0.15, 0.2) is 6.10 Å². The van der Waals surface area contributed by atoms with Crippen molar-refractivity contribution in [2.75, 3.05) is 7.11 Å². The van der Waals surface area contributed by atoms with Crippen molar-refractivity contribution in [1.29, 1.82) is 0 Å². The number of carbonyl (C=O) groups excluding carboxylic acids is 1. The van der Waals surface area contributed by atoms with Gasteiger partial charge in [-0.15, -0.1) is 0 Å². The van der Waals surface area contributed by atoms with Crippen LogP contribution < -0.4 is 0 Å². The maximum absolute atomic E-state index is 11.1. The molecule has 1 rings (SSSR count). The number of rotatable bonds is 5. The molecule has 1 aromatic carbocycles. The Labute approximate surface area is 101 Å². The minimum Gasteiger partial charge on any atom is -0.467 e. The number of aliphatic hydroxyl groups excluding tert-OH is 2. The van der Waals surface area contributed by atoms with E-state index in [1.807, 2.05) is 12.1 Å². The lowest BCUT2D eigenvalue weighted by Gasteiger charge is -2.09. The molecule has 0 saturated carbocycles. The smallest absolute Gasteiger partial charge is 0.339 e. The lowest BCUT2D eigenvalue weighted by atomic mass is 10.0. The molecule has 0 aliphatic rings. The number of aryl methyl sites for hydroxylation is 1. The normalized spacial score (nSPS) is 14.1. The first-order chi connectivity index (χ1) is 8.04. The second-order valence-corrected chi connectivity index (χ2v) is 4.05. The molecule has 0 bridgehead atoms. The third-order valence-corrected chi connectivity index (χ3v) is 2.57. The van der Waals surface area contributed by atoms with E-state index in [1.165, 1.54) is 7.11 Å². The summed E-state index contributed by atoms with van der Waals surface area (Å²) in [6.45, 7) is 1.75. The molecule has 4 nitrogen and oxygen atoms in total. The Balaban J connectivity index is 2.64. The second kappa shape index (κ2) is 6.37. The molecule has 17 heavy (non-hydrogen) atoms. The highest BCUT2D eigenvalue weighted by Gasteiger charge is 2.17. The summed E-state index contributed by atoms with van der Waals surface area (Å²) in [5.74, 6) is -0.665. The van der Waals surface area contributed by atoms with Gasteiger partial charge in [-0.05, 0) is 30.9 Å². The minimum atomic E-state index is -1.23. The van der Waals surface area contributed by atoms with Crippen LogP contribution in [0, 0.1) is 0 Å². The van der Waals surface area contributed by atoms with Crippen LogP contribution in [0.15, 0.2) is 24.3 Å². The maximum atomic E-state index is 11.1. The summed E-state index contributed by atoms with van der Waals surface area (Å²) < 4.78 is 4.45. The first-order valence-electron chi connectivity index (χ1n) is 5.57. The van der Waals surface area contributed by atoms with Gasteiger partial charge in [-0.3, -0.25) is 0 Å². The average Bonchev–Trinajstić information content (AvgIpc) is 2.35. The van der Waals surface area contributed by atoms with Crippen molar-refractivity contribution in [1.82, 2.24) is 0 Å². The van der Waals surface area contributed by atoms with Gasteiger partial charge in [0, 0.05) is 0 Å². The van der Waals surface area contributed by atoms with Gasteiger partial charge in [-0.2, -0.15) is 0 Å². The Bertz CT molecular complexity index is 356. The number of carbonyl (C=O) groups is 1. The van der Waals surface area contributed by atoms with Crippen molar-refractivity contribution in [2.45, 2.75) is 32.0 Å². The summed E-state index contributed by atoms with van der Waals surface area (Å²) in [5, 5.41) is 18.7. The van der Waals surface area contributed by atoms with Gasteiger partial charge in [0.05, 0.1) is 13.2 Å². The average molecular weight is 238 g/mol. The van der Waals surface area contributed by atoms with Gasteiger partial charge in [0.2, 0.25) is 0 Å². The fourth-order valence-corrected chi connectivity index (χ4v) is 1.49. The van der Waals surface area contributed by atoms with Gasteiger partial charge >= 0.3 is 5.97 Å². The molecule has 0 spiro atoms. The van der Waals surface area contributed by atoms with Crippen molar-refractivity contribution in [3.05, 3.63) is 35.4 Å². The third kappa shape index (κ3) is 4.17. The van der Waals surface area contributed by atoms with Crippen LogP contribution in [0.3, 0.4) is 0 Å². The largest absolute Gasteiger partial charge is 0.467 e. The molecule has 1 aromatic rings. The van der Waals surface area contributed by atoms with Crippen LogP contribution in [-0.2, 0) is 16.0 Å². The zero-order valence-electron chi connectivity index (χ0n) is 10.1. The van der Waals surface area contributed by atoms with Crippen LogP contribution in [-0.4, -0.2) is 29.4 Å². The van der Waals surface area contributed by atoms with Crippen LogP contribution in [0.25, 0.3) is 0 Å². The number of methoxy groups -OCH3 is 1. The molecule has 0 radical (unpaired) electrons. The molecule has 2 atom stereocenters. The quantitative estimate of drug-likeness (QED) is 0.757. The summed E-state index contributed by atoms with van der Waals surface area (Å²) in [4.78, 5) is 11.1. The number of hydrogen-bond donors (Lipinski definition) is 2. The Morgan fingerprint density at radius 1 is 1.29 bits per heavy atom. The van der Waals surface area contributed by atoms with Crippen LogP contribution >= 0.6 is 0 Å². The molecule has 0 aromatic heterocycles. The minimum absolute atomic E-state index is 0.324. The lowest BCUT2D eigenvalue weighted by Crippen LogP contribution is -2.13. The molecule has 0 fully saturated rings. The molecule has 4 heteroatoms. The first kappa shape index (κ1) is 13.7. The molecule has 0 amide bonds. The van der Waals surface area contributed by atoms with Crippen molar-refractivity contribution < 1.29 is 19.7 Å². The van der Waals surface area contributed by atoms with Gasteiger partial charge in [0.25, 0.3) is 0 Å². The molecule has 2 unspecified atom stereocenters. The number of esters is 1. The summed E-state index contributed by atoms with van der Waals surface area (Å²) in [6, 6.07) is 7.06. The topological polar surface area (TPSA) is 66.8 Å². The molecule has 0 heterocycles. The summed E-state index contributed by atoms with van der Waals surface area (Å²) in [5.41, 5.74) is 1.57. The highest BCUT2D eigenvalue weighted by Crippen LogP contribution is 2.16. The first-order valence-corrected chi connectivity index (χ1v) is 5.57. The second-order valence-electron chi connectivity index (χ2n) is 4.05. The molecular weight excluding hydrogens is 220 g/mol. The van der Waals surface area contributed by atoms with Crippen LogP contribution in [0.1, 0.15) is 30.6 Å². The zero-order chi connectivity index (χ0) is 12.8. The molecule has 0 aliphatic carbocycles. The van der Waals surface area contributed by atoms with Gasteiger partial charge < -0.3 is 14.9 Å². The molecule has 94 valence electrons. The van der Waals surface area contributed by atoms with E-state index in [4.69, 9.17) is 5.11 Å². The molecular formula is C13H18O4. The van der Waals surface area contributed by atoms with Crippen LogP contribution in [0.2, 0.25) is 0 Å². The fourth-order valence-electron chi connectivity index (χ4n) is 1.49. The van der Waals surface area contributed by atoms with Crippen molar-refractivity contribution in [2.24, 2.45) is 0 Å². The van der Waals surface area contributed by atoms with Crippen molar-refractivity contribution >= 4 is 5.97 Å². The van der Waals surface area contributed by atoms with Crippen molar-refractivity contribution in [3.63, 3.8) is 0 Å². The SMILES string of the molecule is COC(=O)C(O)c1ccc(CCC(C)O)cc1. The van der Waals surface area contributed by atoms with E-state index < -0.39 is 12.1 Å². The van der Waals surface area contributed by atoms with E-state index >= 15 is 0 Å². The van der Waals surface area contributed by atoms with Gasteiger partial charge in [-0.25, -0.2) is 4.79 Å². The van der Waals surface area contributed by atoms with E-state index in [1.54, 1.807) is 19.1 Å². The van der Waals surface area contributed by atoms with Gasteiger partial charge in [-0.1, -0.05) is 24.3 Å². The lowest BCUT2D eigenvalue weighted by molar-refractivity contribution is -0.150. The molecule has 2 N–H and O–H groups in total. The summed E-state index contributed by atoms with van der Waals surface area (Å²) in [7, 11) is 1.24. The Morgan fingerprint density at radius 2 is 1.88 bits per heavy atom. The summed E-state index contributed by atoms with van der Waals surface area (Å²) in [6.07, 6.45) is -0.0910. The highest BCUT2D eigenvalue weighted by molar-refractivity contribution is 5.76. The molecule has 0 saturated heterocycles. The number of benzene rings is 1. The summed E-state index contributed by atoms with van der Waals surface area (Å²) >= 11 is 0. The van der Waals surface area contributed by atoms with E-state index in [2.05, 4.69) is 4.74 Å². The Kier molecular flexibility index (Phi) is 5.12. The Morgan fingerprint density at radius 3 is 2.35 bits per heavy atom. The number of ether oxygens (including phenoxy) is 1. The monoisotopic (exact) mass is 238 g/mol. The van der Waals surface area contributed by atoms with E-state index in [9.17, 15) is 9.90 Å². The van der Waals surface area contributed by atoms with Crippen molar-refractivity contribution in [3.8, 4) is 0 Å². The number of aliphatic hydroxyl groups is 2. The molecule has 0 aliphatic heterocycles. The highest BCUT2D eigenvalue weighted by atomic mass is 16.5. The van der Waals surface area contributed by atoms with E-state index in [0.717, 1.165) is 12.0 Å². The predicted molar refractivity (Wildman–Crippen MR) is 63.4 cm³/mol. The fraction of sp³-hybridized carbons (Fsp3) is 0.462. The van der Waals surface area contributed by atoms with Crippen LogP contribution in [0.5, 0.6) is 0 Å². The Hall–Kier alpha value is -1.39. The number of hydrogen-bond acceptors (Lipinski definition) is 4. The third-order valence-electron chi connectivity index (χ3n) is 2.57. The predicted octanol–water partition coefficient (Wildman–Crippen LogP) is 1.21. The zero-order valence-corrected chi connectivity index (χ0v) is 10.1.